The van der Waals surface area contributed by atoms with Crippen molar-refractivity contribution in [2.45, 2.75) is 37.6 Å². The molecule has 0 aliphatic carbocycles. The molecule has 0 spiro atoms. The summed E-state index contributed by atoms with van der Waals surface area (Å²) in [6, 6.07) is 4.14. The second-order valence-corrected chi connectivity index (χ2v) is 7.83. The van der Waals surface area contributed by atoms with Crippen LogP contribution in [0, 0.1) is 3.57 Å². The normalized spacial score (nSPS) is 11.3. The standard InChI is InChI=1S/C16H27IN2OS/c1-4-5-9-21-15-11-14(17)10-13(16(15)20)12-18-7-6-8-19(2)3/h10-11,18,20H,4-9,12H2,1-3H3. The summed E-state index contributed by atoms with van der Waals surface area (Å²) in [5.41, 5.74) is 1.01. The van der Waals surface area contributed by atoms with Gasteiger partial charge in [-0.05, 0) is 80.5 Å². The molecule has 0 aliphatic rings. The zero-order chi connectivity index (χ0) is 15.7. The molecule has 0 bridgehead atoms. The minimum Gasteiger partial charge on any atom is -0.506 e. The van der Waals surface area contributed by atoms with Gasteiger partial charge in [-0.3, -0.25) is 0 Å². The maximum absolute atomic E-state index is 10.4. The van der Waals surface area contributed by atoms with Gasteiger partial charge in [-0.25, -0.2) is 0 Å². The van der Waals surface area contributed by atoms with Gasteiger partial charge in [-0.1, -0.05) is 13.3 Å². The van der Waals surface area contributed by atoms with Gasteiger partial charge < -0.3 is 15.3 Å². The summed E-state index contributed by atoms with van der Waals surface area (Å²) in [7, 11) is 4.18. The van der Waals surface area contributed by atoms with Crippen molar-refractivity contribution in [1.29, 1.82) is 0 Å². The lowest BCUT2D eigenvalue weighted by atomic mass is 10.2. The molecule has 1 rings (SSSR count). The lowest BCUT2D eigenvalue weighted by Crippen LogP contribution is -2.21. The molecule has 21 heavy (non-hydrogen) atoms. The van der Waals surface area contributed by atoms with E-state index in [9.17, 15) is 5.11 Å². The van der Waals surface area contributed by atoms with Gasteiger partial charge in [0.15, 0.2) is 0 Å². The van der Waals surface area contributed by atoms with Crippen molar-refractivity contribution in [1.82, 2.24) is 10.2 Å². The predicted octanol–water partition coefficient (Wildman–Crippen LogP) is 3.93. The van der Waals surface area contributed by atoms with E-state index in [0.717, 1.165) is 42.3 Å². The number of hydrogen-bond donors (Lipinski definition) is 2. The van der Waals surface area contributed by atoms with Crippen LogP contribution in [0.2, 0.25) is 0 Å². The summed E-state index contributed by atoms with van der Waals surface area (Å²) in [6.45, 7) is 4.99. The van der Waals surface area contributed by atoms with Crippen LogP contribution in [0.5, 0.6) is 5.75 Å². The number of halogens is 1. The molecule has 0 fully saturated rings. The number of hydrogen-bond acceptors (Lipinski definition) is 4. The maximum Gasteiger partial charge on any atom is 0.133 e. The predicted molar refractivity (Wildman–Crippen MR) is 101 cm³/mol. The maximum atomic E-state index is 10.4. The van der Waals surface area contributed by atoms with Crippen LogP contribution in [0.3, 0.4) is 0 Å². The number of benzene rings is 1. The number of rotatable bonds is 10. The van der Waals surface area contributed by atoms with Gasteiger partial charge in [-0.2, -0.15) is 0 Å². The Morgan fingerprint density at radius 2 is 2.05 bits per heavy atom. The fourth-order valence-corrected chi connectivity index (χ4v) is 3.97. The van der Waals surface area contributed by atoms with Gasteiger partial charge in [-0.15, -0.1) is 11.8 Å². The SMILES string of the molecule is CCCCSc1cc(I)cc(CNCCCN(C)C)c1O. The second-order valence-electron chi connectivity index (χ2n) is 5.45. The number of aromatic hydroxyl groups is 1. The van der Waals surface area contributed by atoms with Crippen LogP contribution >= 0.6 is 34.4 Å². The molecular weight excluding hydrogens is 395 g/mol. The lowest BCUT2D eigenvalue weighted by molar-refractivity contribution is 0.393. The van der Waals surface area contributed by atoms with Crippen LogP contribution in [0.25, 0.3) is 0 Å². The first-order chi connectivity index (χ1) is 10.0. The second kappa shape index (κ2) is 10.7. The largest absolute Gasteiger partial charge is 0.506 e. The van der Waals surface area contributed by atoms with Crippen molar-refractivity contribution in [3.05, 3.63) is 21.3 Å². The summed E-state index contributed by atoms with van der Waals surface area (Å²) >= 11 is 4.09. The van der Waals surface area contributed by atoms with Crippen molar-refractivity contribution in [2.75, 3.05) is 32.9 Å². The third-order valence-corrected chi connectivity index (χ3v) is 4.89. The topological polar surface area (TPSA) is 35.5 Å². The van der Waals surface area contributed by atoms with Gasteiger partial charge in [0.05, 0.1) is 4.90 Å². The third kappa shape index (κ3) is 7.72. The molecule has 0 amide bonds. The minimum atomic E-state index is 0.455. The Bertz CT molecular complexity index is 427. The Morgan fingerprint density at radius 3 is 2.71 bits per heavy atom. The van der Waals surface area contributed by atoms with Gasteiger partial charge in [0, 0.05) is 15.7 Å². The van der Waals surface area contributed by atoms with E-state index in [4.69, 9.17) is 0 Å². The third-order valence-electron chi connectivity index (χ3n) is 3.15. The number of nitrogens with one attached hydrogen (secondary N) is 1. The first-order valence-electron chi connectivity index (χ1n) is 7.54. The van der Waals surface area contributed by atoms with Crippen LogP contribution < -0.4 is 5.32 Å². The van der Waals surface area contributed by atoms with Gasteiger partial charge >= 0.3 is 0 Å². The highest BCUT2D eigenvalue weighted by Gasteiger charge is 2.09. The van der Waals surface area contributed by atoms with E-state index in [-0.39, 0.29) is 0 Å². The van der Waals surface area contributed by atoms with E-state index < -0.39 is 0 Å². The average molecular weight is 422 g/mol. The molecule has 0 atom stereocenters. The molecular formula is C16H27IN2OS. The van der Waals surface area contributed by atoms with E-state index in [2.05, 4.69) is 66.0 Å². The Morgan fingerprint density at radius 1 is 1.29 bits per heavy atom. The van der Waals surface area contributed by atoms with Crippen molar-refractivity contribution in [2.24, 2.45) is 0 Å². The van der Waals surface area contributed by atoms with Crippen LogP contribution in [-0.4, -0.2) is 42.9 Å². The lowest BCUT2D eigenvalue weighted by Gasteiger charge is -2.13. The fraction of sp³-hybridized carbons (Fsp3) is 0.625. The Labute approximate surface area is 147 Å². The van der Waals surface area contributed by atoms with Crippen LogP contribution in [0.1, 0.15) is 31.7 Å². The number of nitrogens with zero attached hydrogens (tertiary/aromatic N) is 1. The van der Waals surface area contributed by atoms with Crippen LogP contribution in [0.4, 0.5) is 0 Å². The quantitative estimate of drug-likeness (QED) is 0.340. The molecule has 120 valence electrons. The first kappa shape index (κ1) is 19.1. The van der Waals surface area contributed by atoms with Crippen LogP contribution in [0.15, 0.2) is 17.0 Å². The van der Waals surface area contributed by atoms with E-state index in [0.29, 0.717) is 5.75 Å². The molecule has 0 aromatic heterocycles. The smallest absolute Gasteiger partial charge is 0.133 e. The minimum absolute atomic E-state index is 0.455. The molecule has 1 aromatic carbocycles. The Balaban J connectivity index is 2.52. The molecule has 2 N–H and O–H groups in total. The number of phenols is 1. The van der Waals surface area contributed by atoms with Crippen molar-refractivity contribution in [3.8, 4) is 5.75 Å². The zero-order valence-corrected chi connectivity index (χ0v) is 16.3. The monoisotopic (exact) mass is 422 g/mol. The molecule has 0 saturated heterocycles. The van der Waals surface area contributed by atoms with Gasteiger partial charge in [0.2, 0.25) is 0 Å². The Hall–Kier alpha value is 0.0200. The zero-order valence-electron chi connectivity index (χ0n) is 13.3. The summed E-state index contributed by atoms with van der Waals surface area (Å²) < 4.78 is 1.19. The Kier molecular flexibility index (Phi) is 9.71. The number of unbranched alkanes of at least 4 members (excludes halogenated alkanes) is 1. The van der Waals surface area contributed by atoms with Gasteiger partial charge in [0.25, 0.3) is 0 Å². The molecule has 1 aromatic rings. The number of phenolic OH excluding ortho intramolecular Hbond substituents is 1. The summed E-state index contributed by atoms with van der Waals surface area (Å²) in [5, 5.41) is 13.8. The number of thioether (sulfide) groups is 1. The molecule has 0 heterocycles. The molecule has 0 aliphatic heterocycles. The molecule has 0 unspecified atom stereocenters. The van der Waals surface area contributed by atoms with E-state index in [1.54, 1.807) is 11.8 Å². The fourth-order valence-electron chi connectivity index (χ4n) is 1.94. The molecule has 0 radical (unpaired) electrons. The van der Waals surface area contributed by atoms with Crippen molar-refractivity contribution >= 4 is 34.4 Å². The average Bonchev–Trinajstić information content (AvgIpc) is 2.42. The van der Waals surface area contributed by atoms with Gasteiger partial charge in [0.1, 0.15) is 5.75 Å². The van der Waals surface area contributed by atoms with E-state index in [1.165, 1.54) is 16.4 Å². The van der Waals surface area contributed by atoms with E-state index >= 15 is 0 Å². The highest BCUT2D eigenvalue weighted by molar-refractivity contribution is 14.1. The summed E-state index contributed by atoms with van der Waals surface area (Å²) in [4.78, 5) is 3.20. The van der Waals surface area contributed by atoms with Crippen LogP contribution in [-0.2, 0) is 6.54 Å². The molecule has 5 heteroatoms. The summed E-state index contributed by atoms with van der Waals surface area (Å²) in [5.74, 6) is 1.52. The highest BCUT2D eigenvalue weighted by Crippen LogP contribution is 2.34. The van der Waals surface area contributed by atoms with Crippen molar-refractivity contribution in [3.63, 3.8) is 0 Å². The van der Waals surface area contributed by atoms with E-state index in [1.807, 2.05) is 0 Å². The summed E-state index contributed by atoms with van der Waals surface area (Å²) in [6.07, 6.45) is 3.50. The highest BCUT2D eigenvalue weighted by atomic mass is 127. The first-order valence-corrected chi connectivity index (χ1v) is 9.60. The van der Waals surface area contributed by atoms with Crippen molar-refractivity contribution < 1.29 is 5.11 Å². The molecule has 0 saturated carbocycles. The molecule has 3 nitrogen and oxygen atoms in total.